The van der Waals surface area contributed by atoms with Crippen LogP contribution in [0.5, 0.6) is 16.6 Å². The minimum Gasteiger partial charge on any atom is -0.493 e. The highest BCUT2D eigenvalue weighted by Gasteiger charge is 2.13. The standard InChI is InChI=1S/C16H13NO4S/c1-19-13-8-10-5-6-11(17-12(10)9-14(13)20-2)16(18)21-15-4-3-7-22-15/h3-9H,1-2H3. The van der Waals surface area contributed by atoms with Gasteiger partial charge in [-0.15, -0.1) is 11.3 Å². The first kappa shape index (κ1) is 14.3. The van der Waals surface area contributed by atoms with Crippen LogP contribution in [0.4, 0.5) is 0 Å². The van der Waals surface area contributed by atoms with Crippen LogP contribution in [-0.2, 0) is 0 Å². The molecule has 0 saturated carbocycles. The van der Waals surface area contributed by atoms with Gasteiger partial charge in [-0.2, -0.15) is 0 Å². The van der Waals surface area contributed by atoms with Gasteiger partial charge < -0.3 is 14.2 Å². The molecular formula is C16H13NO4S. The maximum Gasteiger partial charge on any atom is 0.363 e. The highest BCUT2D eigenvalue weighted by Crippen LogP contribution is 2.31. The molecule has 0 atom stereocenters. The van der Waals surface area contributed by atoms with Crippen molar-refractivity contribution in [2.24, 2.45) is 0 Å². The van der Waals surface area contributed by atoms with Gasteiger partial charge in [0, 0.05) is 11.5 Å². The first-order valence-corrected chi connectivity index (χ1v) is 7.37. The van der Waals surface area contributed by atoms with E-state index >= 15 is 0 Å². The number of aromatic nitrogens is 1. The number of rotatable bonds is 4. The molecule has 112 valence electrons. The maximum absolute atomic E-state index is 12.1. The summed E-state index contributed by atoms with van der Waals surface area (Å²) in [6.45, 7) is 0. The van der Waals surface area contributed by atoms with Gasteiger partial charge in [-0.05, 0) is 29.6 Å². The van der Waals surface area contributed by atoms with Crippen molar-refractivity contribution in [2.45, 2.75) is 0 Å². The minimum atomic E-state index is -0.487. The van der Waals surface area contributed by atoms with E-state index in [1.165, 1.54) is 11.3 Å². The van der Waals surface area contributed by atoms with Gasteiger partial charge in [-0.1, -0.05) is 6.07 Å². The van der Waals surface area contributed by atoms with Crippen LogP contribution < -0.4 is 14.2 Å². The molecule has 0 spiro atoms. The van der Waals surface area contributed by atoms with Gasteiger partial charge in [-0.3, -0.25) is 0 Å². The maximum atomic E-state index is 12.1. The number of esters is 1. The van der Waals surface area contributed by atoms with Crippen molar-refractivity contribution < 1.29 is 19.0 Å². The number of pyridine rings is 1. The fourth-order valence-electron chi connectivity index (χ4n) is 2.03. The van der Waals surface area contributed by atoms with Crippen molar-refractivity contribution in [3.05, 3.63) is 47.5 Å². The molecule has 3 aromatic rings. The van der Waals surface area contributed by atoms with E-state index in [0.717, 1.165) is 5.39 Å². The summed E-state index contributed by atoms with van der Waals surface area (Å²) in [5.74, 6) is 0.691. The Morgan fingerprint density at radius 1 is 1.09 bits per heavy atom. The molecule has 5 nitrogen and oxygen atoms in total. The highest BCUT2D eigenvalue weighted by molar-refractivity contribution is 7.11. The van der Waals surface area contributed by atoms with Crippen molar-refractivity contribution in [3.63, 3.8) is 0 Å². The Labute approximate surface area is 131 Å². The Morgan fingerprint density at radius 3 is 2.55 bits per heavy atom. The van der Waals surface area contributed by atoms with E-state index in [1.54, 1.807) is 38.5 Å². The molecule has 0 amide bonds. The van der Waals surface area contributed by atoms with Crippen LogP contribution in [-0.4, -0.2) is 25.2 Å². The summed E-state index contributed by atoms with van der Waals surface area (Å²) in [7, 11) is 3.13. The quantitative estimate of drug-likeness (QED) is 0.689. The molecule has 0 N–H and O–H groups in total. The number of benzene rings is 1. The molecule has 0 aliphatic rings. The molecule has 3 rings (SSSR count). The van der Waals surface area contributed by atoms with Gasteiger partial charge in [0.1, 0.15) is 5.69 Å². The lowest BCUT2D eigenvalue weighted by Gasteiger charge is -2.09. The Hall–Kier alpha value is -2.60. The summed E-state index contributed by atoms with van der Waals surface area (Å²) in [6, 6.07) is 10.5. The number of fused-ring (bicyclic) bond motifs is 1. The molecule has 2 aromatic heterocycles. The van der Waals surface area contributed by atoms with E-state index in [2.05, 4.69) is 4.98 Å². The van der Waals surface area contributed by atoms with Gasteiger partial charge in [0.05, 0.1) is 19.7 Å². The van der Waals surface area contributed by atoms with Crippen molar-refractivity contribution in [1.82, 2.24) is 4.98 Å². The minimum absolute atomic E-state index is 0.244. The van der Waals surface area contributed by atoms with E-state index in [0.29, 0.717) is 22.1 Å². The topological polar surface area (TPSA) is 57.7 Å². The molecule has 22 heavy (non-hydrogen) atoms. The Morgan fingerprint density at radius 2 is 1.86 bits per heavy atom. The molecule has 2 heterocycles. The van der Waals surface area contributed by atoms with Crippen molar-refractivity contribution >= 4 is 28.2 Å². The number of hydrogen-bond acceptors (Lipinski definition) is 6. The monoisotopic (exact) mass is 315 g/mol. The molecule has 1 aromatic carbocycles. The predicted octanol–water partition coefficient (Wildman–Crippen LogP) is 3.53. The summed E-state index contributed by atoms with van der Waals surface area (Å²) in [4.78, 5) is 16.4. The highest BCUT2D eigenvalue weighted by atomic mass is 32.1. The van der Waals surface area contributed by atoms with Crippen LogP contribution in [0.2, 0.25) is 0 Å². The van der Waals surface area contributed by atoms with Gasteiger partial charge in [0.25, 0.3) is 0 Å². The van der Waals surface area contributed by atoms with E-state index in [9.17, 15) is 4.79 Å². The van der Waals surface area contributed by atoms with Gasteiger partial charge in [-0.25, -0.2) is 9.78 Å². The molecular weight excluding hydrogens is 302 g/mol. The van der Waals surface area contributed by atoms with Crippen LogP contribution in [0.1, 0.15) is 10.5 Å². The Kier molecular flexibility index (Phi) is 3.93. The second-order valence-corrected chi connectivity index (χ2v) is 5.33. The van der Waals surface area contributed by atoms with Crippen molar-refractivity contribution in [2.75, 3.05) is 14.2 Å². The molecule has 0 aliphatic heterocycles. The van der Waals surface area contributed by atoms with Crippen LogP contribution >= 0.6 is 11.3 Å². The lowest BCUT2D eigenvalue weighted by molar-refractivity contribution is 0.0735. The summed E-state index contributed by atoms with van der Waals surface area (Å²) in [5.41, 5.74) is 0.881. The smallest absolute Gasteiger partial charge is 0.363 e. The number of methoxy groups -OCH3 is 2. The number of nitrogens with zero attached hydrogens (tertiary/aromatic N) is 1. The normalized spacial score (nSPS) is 10.5. The fraction of sp³-hybridized carbons (Fsp3) is 0.125. The number of thiophene rings is 1. The summed E-state index contributed by atoms with van der Waals surface area (Å²) < 4.78 is 15.8. The van der Waals surface area contributed by atoms with E-state index in [1.807, 2.05) is 17.5 Å². The number of carbonyl (C=O) groups is 1. The molecule has 0 aliphatic carbocycles. The van der Waals surface area contributed by atoms with E-state index < -0.39 is 5.97 Å². The summed E-state index contributed by atoms with van der Waals surface area (Å²) >= 11 is 1.35. The van der Waals surface area contributed by atoms with Crippen LogP contribution in [0.15, 0.2) is 41.8 Å². The van der Waals surface area contributed by atoms with Gasteiger partial charge in [0.15, 0.2) is 16.6 Å². The SMILES string of the molecule is COc1cc2ccc(C(=O)Oc3cccs3)nc2cc1OC. The molecule has 0 radical (unpaired) electrons. The molecule has 0 unspecified atom stereocenters. The molecule has 0 fully saturated rings. The largest absolute Gasteiger partial charge is 0.493 e. The number of hydrogen-bond donors (Lipinski definition) is 0. The summed E-state index contributed by atoms with van der Waals surface area (Å²) in [5, 5.41) is 3.23. The number of ether oxygens (including phenoxy) is 3. The van der Waals surface area contributed by atoms with Crippen molar-refractivity contribution in [1.29, 1.82) is 0 Å². The van der Waals surface area contributed by atoms with Crippen LogP contribution in [0.25, 0.3) is 10.9 Å². The average molecular weight is 315 g/mol. The second kappa shape index (κ2) is 6.03. The van der Waals surface area contributed by atoms with Gasteiger partial charge in [0.2, 0.25) is 0 Å². The third-order valence-corrected chi connectivity index (χ3v) is 3.84. The second-order valence-electron chi connectivity index (χ2n) is 4.42. The lowest BCUT2D eigenvalue weighted by Crippen LogP contribution is -2.09. The van der Waals surface area contributed by atoms with Crippen LogP contribution in [0, 0.1) is 0 Å². The first-order chi connectivity index (χ1) is 10.7. The number of carbonyl (C=O) groups excluding carboxylic acids is 1. The molecule has 6 heteroatoms. The zero-order valence-corrected chi connectivity index (χ0v) is 12.8. The third kappa shape index (κ3) is 2.73. The van der Waals surface area contributed by atoms with Crippen molar-refractivity contribution in [3.8, 4) is 16.6 Å². The summed E-state index contributed by atoms with van der Waals surface area (Å²) in [6.07, 6.45) is 0. The van der Waals surface area contributed by atoms with Crippen LogP contribution in [0.3, 0.4) is 0 Å². The van der Waals surface area contributed by atoms with E-state index in [4.69, 9.17) is 14.2 Å². The Balaban J connectivity index is 1.96. The van der Waals surface area contributed by atoms with Gasteiger partial charge >= 0.3 is 5.97 Å². The van der Waals surface area contributed by atoms with E-state index in [-0.39, 0.29) is 5.69 Å². The fourth-order valence-corrected chi connectivity index (χ4v) is 2.60. The zero-order chi connectivity index (χ0) is 15.5. The molecule has 0 bridgehead atoms. The first-order valence-electron chi connectivity index (χ1n) is 6.49. The lowest BCUT2D eigenvalue weighted by atomic mass is 10.2. The average Bonchev–Trinajstić information content (AvgIpc) is 3.05. The Bertz CT molecular complexity index is 814. The molecule has 0 saturated heterocycles. The third-order valence-electron chi connectivity index (χ3n) is 3.09. The predicted molar refractivity (Wildman–Crippen MR) is 84.1 cm³/mol. The zero-order valence-electron chi connectivity index (χ0n) is 12.0.